The number of hydrogen-bond donors (Lipinski definition) is 0. The zero-order chi connectivity index (χ0) is 59.5. The highest BCUT2D eigenvalue weighted by atomic mass is 79.9. The molecule has 0 bridgehead atoms. The van der Waals surface area contributed by atoms with Crippen LogP contribution in [0.15, 0.2) is 337 Å². The van der Waals surface area contributed by atoms with Crippen LogP contribution in [0.1, 0.15) is 0 Å². The summed E-state index contributed by atoms with van der Waals surface area (Å²) < 4.78 is 2.00. The summed E-state index contributed by atoms with van der Waals surface area (Å²) in [6.45, 7) is 0. The van der Waals surface area contributed by atoms with E-state index in [0.717, 1.165) is 154 Å². The maximum atomic E-state index is 6.83. The van der Waals surface area contributed by atoms with Crippen molar-refractivity contribution < 1.29 is 0 Å². The highest BCUT2D eigenvalue weighted by Crippen LogP contribution is 2.60. The summed E-state index contributed by atoms with van der Waals surface area (Å²) in [7, 11) is 0. The first kappa shape index (κ1) is 56.4. The van der Waals surface area contributed by atoms with Gasteiger partial charge < -0.3 is 0 Å². The van der Waals surface area contributed by atoms with Crippen LogP contribution >= 0.6 is 55.1 Å². The monoisotopic (exact) mass is 1290 g/mol. The smallest absolute Gasteiger partial charge is 0.0406 e. The Kier molecular flexibility index (Phi) is 16.1. The number of rotatable bonds is 13. The molecule has 0 radical (unpaired) electrons. The van der Waals surface area contributed by atoms with Gasteiger partial charge in [0.05, 0.1) is 0 Å². The van der Waals surface area contributed by atoms with E-state index in [2.05, 4.69) is 335 Å². The molecule has 0 N–H and O–H groups in total. The molecule has 0 saturated carbocycles. The van der Waals surface area contributed by atoms with E-state index < -0.39 is 0 Å². The fourth-order valence-electron chi connectivity index (χ4n) is 12.9. The Hall–Kier alpha value is -9.38. The average molecular weight is 1290 g/mol. The standard InChI is InChI=1S/C84H54Br2Cl2/c85-65-47-39-61(40-48-65)77-75(63-43-51-67(87)52-44-63)73(55-23-7-1-8-24-55)79(57-27-11-3-12-28-57)83(81(77)59-31-15-5-16-32-59)71-37-21-19-35-69(71)70-36-20-22-38-72(70)84-80(58-29-13-4-14-30-58)74(56-25-9-2-10-26-56)76(64-45-53-68(88)54-46-64)78(62-41-49-66(86)50-42-62)82(84)60-33-17-6-18-34-60/h1-54H. The Morgan fingerprint density at radius 3 is 0.523 bits per heavy atom. The Labute approximate surface area is 542 Å². The van der Waals surface area contributed by atoms with Crippen LogP contribution in [0.25, 0.3) is 145 Å². The van der Waals surface area contributed by atoms with Gasteiger partial charge in [0, 0.05) is 19.0 Å². The Balaban J connectivity index is 1.21. The van der Waals surface area contributed by atoms with Crippen LogP contribution in [0.5, 0.6) is 0 Å². The van der Waals surface area contributed by atoms with E-state index in [-0.39, 0.29) is 0 Å². The normalized spacial score (nSPS) is 11.2. The summed E-state index contributed by atoms with van der Waals surface area (Å²) in [5, 5.41) is 1.35. The maximum absolute atomic E-state index is 6.83. The van der Waals surface area contributed by atoms with Crippen molar-refractivity contribution in [1.29, 1.82) is 0 Å². The predicted molar refractivity (Wildman–Crippen MR) is 383 cm³/mol. The van der Waals surface area contributed by atoms with Gasteiger partial charge in [0.25, 0.3) is 0 Å². The summed E-state index contributed by atoms with van der Waals surface area (Å²) in [6, 6.07) is 119. The lowest BCUT2D eigenvalue weighted by Crippen LogP contribution is -2.04. The first-order chi connectivity index (χ1) is 43.4. The molecule has 4 heteroatoms. The molecule has 0 unspecified atom stereocenters. The first-order valence-electron chi connectivity index (χ1n) is 29.4. The molecule has 0 nitrogen and oxygen atoms in total. The van der Waals surface area contributed by atoms with Gasteiger partial charge in [-0.15, -0.1) is 0 Å². The van der Waals surface area contributed by atoms with Gasteiger partial charge in [0.1, 0.15) is 0 Å². The summed E-state index contributed by atoms with van der Waals surface area (Å²) in [6.07, 6.45) is 0. The molecule has 14 rings (SSSR count). The molecular formula is C84H54Br2Cl2. The highest BCUT2D eigenvalue weighted by Gasteiger charge is 2.33. The minimum Gasteiger partial charge on any atom is -0.0843 e. The quantitative estimate of drug-likeness (QED) is 0.108. The second kappa shape index (κ2) is 25.1. The molecule has 0 fully saturated rings. The van der Waals surface area contributed by atoms with Crippen LogP contribution in [0.4, 0.5) is 0 Å². The second-order valence-corrected chi connectivity index (χ2v) is 24.5. The highest BCUT2D eigenvalue weighted by molar-refractivity contribution is 9.10. The fraction of sp³-hybridized carbons (Fsp3) is 0. The number of benzene rings is 14. The van der Waals surface area contributed by atoms with E-state index in [9.17, 15) is 0 Å². The minimum atomic E-state index is 0.677. The lowest BCUT2D eigenvalue weighted by molar-refractivity contribution is 1.50. The van der Waals surface area contributed by atoms with Gasteiger partial charge in [-0.1, -0.05) is 334 Å². The average Bonchev–Trinajstić information content (AvgIpc) is 1.47. The largest absolute Gasteiger partial charge is 0.0843 e. The summed E-state index contributed by atoms with van der Waals surface area (Å²) in [5.74, 6) is 0. The van der Waals surface area contributed by atoms with Crippen molar-refractivity contribution in [2.24, 2.45) is 0 Å². The Morgan fingerprint density at radius 1 is 0.148 bits per heavy atom. The number of halogens is 4. The molecule has 0 amide bonds. The third-order valence-corrected chi connectivity index (χ3v) is 18.2. The molecule has 418 valence electrons. The lowest BCUT2D eigenvalue weighted by Gasteiger charge is -2.31. The molecule has 0 saturated heterocycles. The third-order valence-electron chi connectivity index (χ3n) is 16.6. The van der Waals surface area contributed by atoms with Crippen molar-refractivity contribution >= 4 is 55.1 Å². The van der Waals surface area contributed by atoms with E-state index in [0.29, 0.717) is 10.0 Å². The van der Waals surface area contributed by atoms with Gasteiger partial charge in [-0.2, -0.15) is 0 Å². The van der Waals surface area contributed by atoms with E-state index in [1.807, 2.05) is 24.3 Å². The predicted octanol–water partition coefficient (Wildman–Crippen LogP) is 26.2. The third kappa shape index (κ3) is 10.9. The van der Waals surface area contributed by atoms with Gasteiger partial charge in [0.15, 0.2) is 0 Å². The molecular weight excluding hydrogens is 1240 g/mol. The molecule has 0 aliphatic rings. The summed E-state index contributed by atoms with van der Waals surface area (Å²) in [4.78, 5) is 0. The molecule has 0 spiro atoms. The van der Waals surface area contributed by atoms with E-state index in [4.69, 9.17) is 23.2 Å². The zero-order valence-electron chi connectivity index (χ0n) is 47.7. The van der Waals surface area contributed by atoms with Crippen LogP contribution in [0, 0.1) is 0 Å². The van der Waals surface area contributed by atoms with Crippen molar-refractivity contribution in [3.8, 4) is 145 Å². The van der Waals surface area contributed by atoms with Crippen molar-refractivity contribution in [2.45, 2.75) is 0 Å². The molecule has 0 aliphatic heterocycles. The zero-order valence-corrected chi connectivity index (χ0v) is 52.4. The van der Waals surface area contributed by atoms with Crippen LogP contribution in [0.2, 0.25) is 10.0 Å². The van der Waals surface area contributed by atoms with Gasteiger partial charge in [0.2, 0.25) is 0 Å². The summed E-state index contributed by atoms with van der Waals surface area (Å²) >= 11 is 21.3. The fourth-order valence-corrected chi connectivity index (χ4v) is 13.7. The molecule has 0 heterocycles. The van der Waals surface area contributed by atoms with Crippen LogP contribution in [0.3, 0.4) is 0 Å². The van der Waals surface area contributed by atoms with Crippen LogP contribution in [-0.4, -0.2) is 0 Å². The van der Waals surface area contributed by atoms with Gasteiger partial charge in [-0.05, 0) is 193 Å². The van der Waals surface area contributed by atoms with Crippen LogP contribution in [-0.2, 0) is 0 Å². The van der Waals surface area contributed by atoms with E-state index in [1.54, 1.807) is 0 Å². The Bertz CT molecular complexity index is 4470. The molecule has 0 aliphatic carbocycles. The van der Waals surface area contributed by atoms with E-state index >= 15 is 0 Å². The molecule has 14 aromatic rings. The van der Waals surface area contributed by atoms with Crippen molar-refractivity contribution in [3.63, 3.8) is 0 Å². The number of hydrogen-bond acceptors (Lipinski definition) is 0. The molecule has 0 aromatic heterocycles. The van der Waals surface area contributed by atoms with Crippen molar-refractivity contribution in [3.05, 3.63) is 347 Å². The van der Waals surface area contributed by atoms with Gasteiger partial charge in [-0.25, -0.2) is 0 Å². The topological polar surface area (TPSA) is 0 Å². The van der Waals surface area contributed by atoms with Crippen LogP contribution < -0.4 is 0 Å². The van der Waals surface area contributed by atoms with Crippen molar-refractivity contribution in [2.75, 3.05) is 0 Å². The molecule has 14 aromatic carbocycles. The maximum Gasteiger partial charge on any atom is 0.0406 e. The second-order valence-electron chi connectivity index (χ2n) is 21.8. The molecule has 0 atom stereocenters. The van der Waals surface area contributed by atoms with Crippen molar-refractivity contribution in [1.82, 2.24) is 0 Å². The first-order valence-corrected chi connectivity index (χ1v) is 31.8. The summed E-state index contributed by atoms with van der Waals surface area (Å²) in [5.41, 5.74) is 28.5. The van der Waals surface area contributed by atoms with E-state index in [1.165, 1.54) is 0 Å². The minimum absolute atomic E-state index is 0.677. The Morgan fingerprint density at radius 2 is 0.307 bits per heavy atom. The van der Waals surface area contributed by atoms with Gasteiger partial charge >= 0.3 is 0 Å². The lowest BCUT2D eigenvalue weighted by atomic mass is 9.72. The molecule has 88 heavy (non-hydrogen) atoms. The SMILES string of the molecule is Clc1ccc(-c2c(-c3ccccc3)c(-c3ccccc3)c(-c3ccccc3-c3ccccc3-c3c(-c4ccccc4)c(-c4ccccc4)c(-c4ccc(Cl)cc4)c(-c4ccc(Br)cc4)c3-c3ccccc3)c(-c3ccccc3)c2-c2ccc(Br)cc2)cc1. The van der Waals surface area contributed by atoms with Gasteiger partial charge in [-0.3, -0.25) is 0 Å².